The number of sulfonamides is 1. The number of aryl methyl sites for hydroxylation is 2. The first-order valence-corrected chi connectivity index (χ1v) is 9.42. The summed E-state index contributed by atoms with van der Waals surface area (Å²) in [5, 5.41) is 3.90. The molecule has 1 aromatic heterocycles. The van der Waals surface area contributed by atoms with Gasteiger partial charge < -0.3 is 9.26 Å². The van der Waals surface area contributed by atoms with Crippen LogP contribution in [0.1, 0.15) is 43.2 Å². The smallest absolute Gasteiger partial charge is 0.214 e. The minimum absolute atomic E-state index is 0.0279. The molecular formula is C15H26N2O4S. The van der Waals surface area contributed by atoms with Crippen molar-refractivity contribution in [3.05, 3.63) is 17.0 Å². The highest BCUT2D eigenvalue weighted by molar-refractivity contribution is 7.89. The molecule has 2 atom stereocenters. The Kier molecular flexibility index (Phi) is 5.63. The molecule has 0 bridgehead atoms. The maximum Gasteiger partial charge on any atom is 0.214 e. The molecule has 0 radical (unpaired) electrons. The molecular weight excluding hydrogens is 304 g/mol. The lowest BCUT2D eigenvalue weighted by Crippen LogP contribution is -2.42. The molecule has 2 unspecified atom stereocenters. The van der Waals surface area contributed by atoms with E-state index in [2.05, 4.69) is 9.88 Å². The van der Waals surface area contributed by atoms with Crippen molar-refractivity contribution >= 4 is 10.0 Å². The Morgan fingerprint density at radius 3 is 2.55 bits per heavy atom. The van der Waals surface area contributed by atoms with Crippen LogP contribution >= 0.6 is 0 Å². The van der Waals surface area contributed by atoms with Crippen LogP contribution in [0.2, 0.25) is 0 Å². The lowest BCUT2D eigenvalue weighted by atomic mass is 9.82. The molecule has 0 amide bonds. The highest BCUT2D eigenvalue weighted by atomic mass is 32.2. The molecule has 7 heteroatoms. The first-order chi connectivity index (χ1) is 10.3. The number of hydrogen-bond acceptors (Lipinski definition) is 5. The normalized spacial score (nSPS) is 18.9. The second-order valence-corrected chi connectivity index (χ2v) is 8.07. The van der Waals surface area contributed by atoms with Crippen LogP contribution in [0, 0.1) is 19.8 Å². The van der Waals surface area contributed by atoms with E-state index in [1.165, 1.54) is 6.42 Å². The summed E-state index contributed by atoms with van der Waals surface area (Å²) in [6, 6.07) is -0.208. The molecule has 1 aliphatic rings. The summed E-state index contributed by atoms with van der Waals surface area (Å²) >= 11 is 0. The van der Waals surface area contributed by atoms with E-state index in [0.717, 1.165) is 29.9 Å². The molecule has 126 valence electrons. The van der Waals surface area contributed by atoms with E-state index in [0.29, 0.717) is 12.3 Å². The first kappa shape index (κ1) is 17.4. The van der Waals surface area contributed by atoms with Crippen LogP contribution in [0.15, 0.2) is 4.52 Å². The number of aromatic nitrogens is 1. The summed E-state index contributed by atoms with van der Waals surface area (Å²) in [5.41, 5.74) is 1.78. The number of hydrogen-bond donors (Lipinski definition) is 1. The van der Waals surface area contributed by atoms with Crippen LogP contribution in [0.5, 0.6) is 0 Å². The van der Waals surface area contributed by atoms with Gasteiger partial charge in [-0.25, -0.2) is 13.1 Å². The zero-order valence-corrected chi connectivity index (χ0v) is 14.6. The van der Waals surface area contributed by atoms with Gasteiger partial charge >= 0.3 is 0 Å². The predicted molar refractivity (Wildman–Crippen MR) is 84.2 cm³/mol. The van der Waals surface area contributed by atoms with E-state index in [1.807, 2.05) is 20.8 Å². The highest BCUT2D eigenvalue weighted by Gasteiger charge is 2.31. The Balaban J connectivity index is 1.92. The summed E-state index contributed by atoms with van der Waals surface area (Å²) in [4.78, 5) is 0. The van der Waals surface area contributed by atoms with Gasteiger partial charge in [-0.1, -0.05) is 11.6 Å². The maximum absolute atomic E-state index is 12.3. The molecule has 1 aromatic rings. The van der Waals surface area contributed by atoms with Crippen LogP contribution in [-0.2, 0) is 21.2 Å². The molecule has 0 aliphatic heterocycles. The Morgan fingerprint density at radius 1 is 1.41 bits per heavy atom. The van der Waals surface area contributed by atoms with Gasteiger partial charge in [0.05, 0.1) is 17.6 Å². The fourth-order valence-corrected chi connectivity index (χ4v) is 4.55. The van der Waals surface area contributed by atoms with E-state index in [9.17, 15) is 8.42 Å². The van der Waals surface area contributed by atoms with Gasteiger partial charge in [0.2, 0.25) is 10.0 Å². The number of ether oxygens (including phenoxy) is 1. The van der Waals surface area contributed by atoms with Crippen molar-refractivity contribution in [3.63, 3.8) is 0 Å². The van der Waals surface area contributed by atoms with Crippen LogP contribution in [0.25, 0.3) is 0 Å². The van der Waals surface area contributed by atoms with Crippen molar-refractivity contribution in [3.8, 4) is 0 Å². The van der Waals surface area contributed by atoms with Crippen molar-refractivity contribution in [1.82, 2.24) is 9.88 Å². The SMILES string of the molecule is COC(CS(=O)(=O)NC(C)Cc1c(C)noc1C)C1CCC1. The minimum atomic E-state index is -3.37. The third kappa shape index (κ3) is 4.30. The molecule has 1 fully saturated rings. The van der Waals surface area contributed by atoms with Crippen LogP contribution in [0.3, 0.4) is 0 Å². The summed E-state index contributed by atoms with van der Waals surface area (Å²) in [7, 11) is -1.78. The van der Waals surface area contributed by atoms with Crippen molar-refractivity contribution < 1.29 is 17.7 Å². The molecule has 0 saturated heterocycles. The maximum atomic E-state index is 12.3. The number of nitrogens with one attached hydrogen (secondary N) is 1. The lowest BCUT2D eigenvalue weighted by molar-refractivity contribution is 0.0351. The molecule has 1 aliphatic carbocycles. The van der Waals surface area contributed by atoms with Gasteiger partial charge in [-0.15, -0.1) is 0 Å². The molecule has 22 heavy (non-hydrogen) atoms. The topological polar surface area (TPSA) is 81.4 Å². The van der Waals surface area contributed by atoms with Crippen LogP contribution in [-0.4, -0.2) is 38.6 Å². The van der Waals surface area contributed by atoms with Gasteiger partial charge in [0, 0.05) is 18.7 Å². The minimum Gasteiger partial charge on any atom is -0.380 e. The highest BCUT2D eigenvalue weighted by Crippen LogP contribution is 2.31. The van der Waals surface area contributed by atoms with E-state index in [1.54, 1.807) is 7.11 Å². The third-order valence-corrected chi connectivity index (χ3v) is 5.96. The van der Waals surface area contributed by atoms with Gasteiger partial charge in [0.1, 0.15) is 5.76 Å². The average molecular weight is 330 g/mol. The monoisotopic (exact) mass is 330 g/mol. The van der Waals surface area contributed by atoms with Crippen molar-refractivity contribution in [2.24, 2.45) is 5.92 Å². The fourth-order valence-electron chi connectivity index (χ4n) is 2.92. The number of nitrogens with zero attached hydrogens (tertiary/aromatic N) is 1. The predicted octanol–water partition coefficient (Wildman–Crippen LogP) is 1.96. The summed E-state index contributed by atoms with van der Waals surface area (Å²) in [6.07, 6.45) is 3.64. The van der Waals surface area contributed by atoms with Crippen molar-refractivity contribution in [2.75, 3.05) is 12.9 Å². The van der Waals surface area contributed by atoms with Gasteiger partial charge in [0.15, 0.2) is 0 Å². The van der Waals surface area contributed by atoms with E-state index < -0.39 is 10.0 Å². The van der Waals surface area contributed by atoms with Crippen LogP contribution in [0.4, 0.5) is 0 Å². The number of rotatable bonds is 8. The Bertz CT molecular complexity index is 573. The lowest BCUT2D eigenvalue weighted by Gasteiger charge is -2.32. The third-order valence-electron chi connectivity index (χ3n) is 4.43. The second-order valence-electron chi connectivity index (χ2n) is 6.27. The standard InChI is InChI=1S/C15H26N2O4S/c1-10(8-14-11(2)16-21-12(14)3)17-22(18,19)9-15(20-4)13-6-5-7-13/h10,13,15,17H,5-9H2,1-4H3. The summed E-state index contributed by atoms with van der Waals surface area (Å²) < 4.78 is 37.9. The van der Waals surface area contributed by atoms with E-state index >= 15 is 0 Å². The van der Waals surface area contributed by atoms with Gasteiger partial charge in [-0.2, -0.15) is 0 Å². The van der Waals surface area contributed by atoms with E-state index in [4.69, 9.17) is 9.26 Å². The number of methoxy groups -OCH3 is 1. The zero-order valence-electron chi connectivity index (χ0n) is 13.8. The quantitative estimate of drug-likeness (QED) is 0.788. The van der Waals surface area contributed by atoms with E-state index in [-0.39, 0.29) is 17.9 Å². The second kappa shape index (κ2) is 7.10. The Hall–Kier alpha value is -0.920. The molecule has 0 aromatic carbocycles. The molecule has 1 N–H and O–H groups in total. The zero-order chi connectivity index (χ0) is 16.3. The average Bonchev–Trinajstić information content (AvgIpc) is 2.66. The van der Waals surface area contributed by atoms with Crippen molar-refractivity contribution in [1.29, 1.82) is 0 Å². The largest absolute Gasteiger partial charge is 0.380 e. The fraction of sp³-hybridized carbons (Fsp3) is 0.800. The van der Waals surface area contributed by atoms with Gasteiger partial charge in [-0.3, -0.25) is 0 Å². The first-order valence-electron chi connectivity index (χ1n) is 7.77. The molecule has 1 saturated carbocycles. The molecule has 2 rings (SSSR count). The molecule has 6 nitrogen and oxygen atoms in total. The van der Waals surface area contributed by atoms with Gasteiger partial charge in [0.25, 0.3) is 0 Å². The Morgan fingerprint density at radius 2 is 2.09 bits per heavy atom. The van der Waals surface area contributed by atoms with Crippen LogP contribution < -0.4 is 4.72 Å². The molecule has 0 spiro atoms. The molecule has 1 heterocycles. The Labute approximate surface area is 132 Å². The van der Waals surface area contributed by atoms with Crippen molar-refractivity contribution in [2.45, 2.75) is 58.6 Å². The summed E-state index contributed by atoms with van der Waals surface area (Å²) in [6.45, 7) is 5.56. The summed E-state index contributed by atoms with van der Waals surface area (Å²) in [5.74, 6) is 1.15. The van der Waals surface area contributed by atoms with Gasteiger partial charge in [-0.05, 0) is 46.0 Å².